The van der Waals surface area contributed by atoms with Gasteiger partial charge in [0.1, 0.15) is 5.82 Å². The number of pyridine rings is 1. The SMILES string of the molecule is N#CC=Cc1ncc(F)cc1N. The number of halogens is 1. The van der Waals surface area contributed by atoms with Crippen molar-refractivity contribution in [3.8, 4) is 6.07 Å². The van der Waals surface area contributed by atoms with Crippen molar-refractivity contribution in [3.05, 3.63) is 29.9 Å². The number of nitriles is 1. The zero-order valence-corrected chi connectivity index (χ0v) is 6.16. The summed E-state index contributed by atoms with van der Waals surface area (Å²) >= 11 is 0. The second kappa shape index (κ2) is 3.49. The van der Waals surface area contributed by atoms with Crippen LogP contribution in [0, 0.1) is 17.1 Å². The number of nitrogens with zero attached hydrogens (tertiary/aromatic N) is 2. The van der Waals surface area contributed by atoms with Crippen molar-refractivity contribution < 1.29 is 4.39 Å². The molecular formula is C8H6FN3. The molecule has 4 heteroatoms. The largest absolute Gasteiger partial charge is 0.397 e. The molecule has 1 heterocycles. The van der Waals surface area contributed by atoms with Crippen molar-refractivity contribution in [2.24, 2.45) is 0 Å². The van der Waals surface area contributed by atoms with Gasteiger partial charge in [-0.1, -0.05) is 0 Å². The fraction of sp³-hybridized carbons (Fsp3) is 0. The molecule has 0 saturated carbocycles. The molecule has 60 valence electrons. The van der Waals surface area contributed by atoms with Crippen LogP contribution in [0.4, 0.5) is 10.1 Å². The van der Waals surface area contributed by atoms with Gasteiger partial charge >= 0.3 is 0 Å². The standard InChI is InChI=1S/C8H6FN3/c9-6-4-7(11)8(12-5-6)2-1-3-10/h1-2,4-5H,11H2. The summed E-state index contributed by atoms with van der Waals surface area (Å²) in [6.07, 6.45) is 3.71. The van der Waals surface area contributed by atoms with Crippen molar-refractivity contribution in [3.63, 3.8) is 0 Å². The molecule has 0 aliphatic heterocycles. The maximum absolute atomic E-state index is 12.4. The molecule has 0 atom stereocenters. The van der Waals surface area contributed by atoms with Crippen LogP contribution in [-0.4, -0.2) is 4.98 Å². The van der Waals surface area contributed by atoms with Gasteiger partial charge < -0.3 is 5.73 Å². The molecule has 0 fully saturated rings. The number of allylic oxidation sites excluding steroid dienone is 1. The van der Waals surface area contributed by atoms with E-state index in [0.717, 1.165) is 12.3 Å². The molecule has 3 nitrogen and oxygen atoms in total. The van der Waals surface area contributed by atoms with Crippen LogP contribution < -0.4 is 5.73 Å². The van der Waals surface area contributed by atoms with Crippen molar-refractivity contribution in [1.29, 1.82) is 5.26 Å². The highest BCUT2D eigenvalue weighted by Crippen LogP contribution is 2.10. The Morgan fingerprint density at radius 1 is 1.67 bits per heavy atom. The lowest BCUT2D eigenvalue weighted by atomic mass is 10.3. The van der Waals surface area contributed by atoms with Gasteiger partial charge in [0.25, 0.3) is 0 Å². The molecule has 0 unspecified atom stereocenters. The van der Waals surface area contributed by atoms with Crippen LogP contribution in [-0.2, 0) is 0 Å². The topological polar surface area (TPSA) is 62.7 Å². The average molecular weight is 163 g/mol. The van der Waals surface area contributed by atoms with E-state index in [1.165, 1.54) is 12.2 Å². The highest BCUT2D eigenvalue weighted by molar-refractivity contribution is 5.61. The smallest absolute Gasteiger partial charge is 0.143 e. The Kier molecular flexibility index (Phi) is 2.38. The summed E-state index contributed by atoms with van der Waals surface area (Å²) in [4.78, 5) is 3.68. The third kappa shape index (κ3) is 1.80. The van der Waals surface area contributed by atoms with E-state index in [-0.39, 0.29) is 5.69 Å². The Labute approximate surface area is 69.0 Å². The number of nitrogen functional groups attached to an aromatic ring is 1. The molecule has 0 amide bonds. The minimum absolute atomic E-state index is 0.224. The number of rotatable bonds is 1. The number of nitrogens with two attached hydrogens (primary N) is 1. The predicted molar refractivity (Wildman–Crippen MR) is 43.3 cm³/mol. The second-order valence-electron chi connectivity index (χ2n) is 2.09. The van der Waals surface area contributed by atoms with Gasteiger partial charge in [0.2, 0.25) is 0 Å². The van der Waals surface area contributed by atoms with Crippen molar-refractivity contribution in [1.82, 2.24) is 4.98 Å². The minimum Gasteiger partial charge on any atom is -0.397 e. The van der Waals surface area contributed by atoms with Crippen molar-refractivity contribution in [2.45, 2.75) is 0 Å². The Bertz CT molecular complexity index is 352. The van der Waals surface area contributed by atoms with E-state index in [4.69, 9.17) is 11.0 Å². The summed E-state index contributed by atoms with van der Waals surface area (Å²) in [7, 11) is 0. The molecule has 1 aromatic heterocycles. The molecule has 2 N–H and O–H groups in total. The zero-order chi connectivity index (χ0) is 8.97. The highest BCUT2D eigenvalue weighted by Gasteiger charge is 1.97. The van der Waals surface area contributed by atoms with Crippen LogP contribution in [0.5, 0.6) is 0 Å². The molecule has 0 spiro atoms. The Morgan fingerprint density at radius 2 is 2.42 bits per heavy atom. The number of hydrogen-bond acceptors (Lipinski definition) is 3. The molecule has 0 saturated heterocycles. The van der Waals surface area contributed by atoms with Crippen LogP contribution in [0.3, 0.4) is 0 Å². The van der Waals surface area contributed by atoms with E-state index >= 15 is 0 Å². The summed E-state index contributed by atoms with van der Waals surface area (Å²) in [5.41, 5.74) is 6.02. The summed E-state index contributed by atoms with van der Waals surface area (Å²) in [5.74, 6) is -0.485. The van der Waals surface area contributed by atoms with E-state index < -0.39 is 5.82 Å². The van der Waals surface area contributed by atoms with Gasteiger partial charge in [-0.25, -0.2) is 4.39 Å². The van der Waals surface area contributed by atoms with Crippen LogP contribution in [0.15, 0.2) is 18.3 Å². The van der Waals surface area contributed by atoms with E-state index in [9.17, 15) is 4.39 Å². The normalized spacial score (nSPS) is 10.0. The summed E-state index contributed by atoms with van der Waals surface area (Å²) in [5, 5.41) is 8.19. The summed E-state index contributed by atoms with van der Waals surface area (Å²) < 4.78 is 12.4. The fourth-order valence-corrected chi connectivity index (χ4v) is 0.721. The molecule has 1 rings (SSSR count). The van der Waals surface area contributed by atoms with Crippen LogP contribution >= 0.6 is 0 Å². The van der Waals surface area contributed by atoms with Crippen LogP contribution in [0.1, 0.15) is 5.69 Å². The average Bonchev–Trinajstić information content (AvgIpc) is 2.03. The fourth-order valence-electron chi connectivity index (χ4n) is 0.721. The van der Waals surface area contributed by atoms with E-state index in [2.05, 4.69) is 4.98 Å². The maximum Gasteiger partial charge on any atom is 0.143 e. The van der Waals surface area contributed by atoms with Crippen LogP contribution in [0.25, 0.3) is 6.08 Å². The Balaban J connectivity index is 3.03. The first-order valence-electron chi connectivity index (χ1n) is 3.21. The summed E-state index contributed by atoms with van der Waals surface area (Å²) in [6, 6.07) is 2.94. The zero-order valence-electron chi connectivity index (χ0n) is 6.16. The predicted octanol–water partition coefficient (Wildman–Crippen LogP) is 1.34. The van der Waals surface area contributed by atoms with Gasteiger partial charge in [0, 0.05) is 12.1 Å². The molecule has 0 radical (unpaired) electrons. The van der Waals surface area contributed by atoms with Gasteiger partial charge in [-0.05, 0) is 6.08 Å². The third-order valence-electron chi connectivity index (χ3n) is 1.23. The van der Waals surface area contributed by atoms with E-state index in [1.807, 2.05) is 0 Å². The van der Waals surface area contributed by atoms with Gasteiger partial charge in [0.15, 0.2) is 0 Å². The maximum atomic E-state index is 12.4. The van der Waals surface area contributed by atoms with Gasteiger partial charge in [-0.2, -0.15) is 5.26 Å². The van der Waals surface area contributed by atoms with Gasteiger partial charge in [-0.3, -0.25) is 4.98 Å². The first kappa shape index (κ1) is 8.21. The molecule has 0 aliphatic rings. The number of anilines is 1. The van der Waals surface area contributed by atoms with Gasteiger partial charge in [-0.15, -0.1) is 0 Å². The Morgan fingerprint density at radius 3 is 3.00 bits per heavy atom. The molecule has 1 aromatic rings. The number of hydrogen-bond donors (Lipinski definition) is 1. The Hall–Kier alpha value is -1.89. The highest BCUT2D eigenvalue weighted by atomic mass is 19.1. The third-order valence-corrected chi connectivity index (χ3v) is 1.23. The first-order chi connectivity index (χ1) is 5.74. The van der Waals surface area contributed by atoms with Crippen molar-refractivity contribution >= 4 is 11.8 Å². The lowest BCUT2D eigenvalue weighted by Gasteiger charge is -1.96. The quantitative estimate of drug-likeness (QED) is 0.635. The molecular weight excluding hydrogens is 157 g/mol. The van der Waals surface area contributed by atoms with Gasteiger partial charge in [0.05, 0.1) is 23.6 Å². The lowest BCUT2D eigenvalue weighted by molar-refractivity contribution is 0.622. The second-order valence-corrected chi connectivity index (χ2v) is 2.09. The lowest BCUT2D eigenvalue weighted by Crippen LogP contribution is -1.93. The van der Waals surface area contributed by atoms with E-state index in [0.29, 0.717) is 5.69 Å². The molecule has 0 aliphatic carbocycles. The minimum atomic E-state index is -0.485. The molecule has 12 heavy (non-hydrogen) atoms. The van der Waals surface area contributed by atoms with E-state index in [1.54, 1.807) is 6.07 Å². The van der Waals surface area contributed by atoms with Crippen molar-refractivity contribution in [2.75, 3.05) is 5.73 Å². The summed E-state index contributed by atoms with van der Waals surface area (Å²) in [6.45, 7) is 0. The first-order valence-corrected chi connectivity index (χ1v) is 3.21. The van der Waals surface area contributed by atoms with Crippen LogP contribution in [0.2, 0.25) is 0 Å². The molecule has 0 bridgehead atoms. The number of aromatic nitrogens is 1. The molecule has 0 aromatic carbocycles. The monoisotopic (exact) mass is 163 g/mol.